The molecule has 0 aromatic heterocycles. The quantitative estimate of drug-likeness (QED) is 0.599. The lowest BCUT2D eigenvalue weighted by molar-refractivity contribution is 0.0718. The number of nitrogens with zero attached hydrogens (tertiary/aromatic N) is 3. The summed E-state index contributed by atoms with van der Waals surface area (Å²) in [5.74, 6) is -0.0341. The Labute approximate surface area is 194 Å². The van der Waals surface area contributed by atoms with Gasteiger partial charge in [0.2, 0.25) is 10.0 Å². The van der Waals surface area contributed by atoms with Gasteiger partial charge in [-0.3, -0.25) is 4.79 Å². The van der Waals surface area contributed by atoms with E-state index in [1.807, 2.05) is 18.0 Å². The molecule has 2 saturated heterocycles. The van der Waals surface area contributed by atoms with E-state index in [-0.39, 0.29) is 16.8 Å². The van der Waals surface area contributed by atoms with Gasteiger partial charge in [0.1, 0.15) is 0 Å². The van der Waals surface area contributed by atoms with Crippen molar-refractivity contribution in [2.75, 3.05) is 38.1 Å². The van der Waals surface area contributed by atoms with Crippen LogP contribution < -0.4 is 4.90 Å². The molecule has 1 amide bonds. The van der Waals surface area contributed by atoms with Crippen LogP contribution in [0, 0.1) is 0 Å². The van der Waals surface area contributed by atoms with Crippen molar-refractivity contribution in [3.05, 3.63) is 23.8 Å². The second-order valence-corrected chi connectivity index (χ2v) is 11.7. The van der Waals surface area contributed by atoms with Gasteiger partial charge in [-0.25, -0.2) is 8.42 Å². The van der Waals surface area contributed by atoms with Crippen LogP contribution in [0.4, 0.5) is 5.69 Å². The van der Waals surface area contributed by atoms with E-state index >= 15 is 0 Å². The fraction of sp³-hybridized carbons (Fsp3) is 0.720. The van der Waals surface area contributed by atoms with Gasteiger partial charge < -0.3 is 9.80 Å². The second kappa shape index (κ2) is 10.6. The molecule has 32 heavy (non-hydrogen) atoms. The lowest BCUT2D eigenvalue weighted by atomic mass is 10.0. The number of hydrogen-bond donors (Lipinski definition) is 0. The van der Waals surface area contributed by atoms with Crippen molar-refractivity contribution in [1.82, 2.24) is 9.21 Å². The summed E-state index contributed by atoms with van der Waals surface area (Å²) in [5, 5.41) is 0. The van der Waals surface area contributed by atoms with Crippen molar-refractivity contribution in [2.45, 2.75) is 88.0 Å². The number of carbonyl (C=O) groups is 1. The summed E-state index contributed by atoms with van der Waals surface area (Å²) in [6, 6.07) is 5.51. The minimum Gasteiger partial charge on any atom is -0.371 e. The number of anilines is 1. The molecule has 1 aromatic rings. The standard InChI is InChI=1S/C25H39N3O3S/c1-26(21-12-6-2-3-7-13-21)25(29)23-20-22(32(30,31)28-18-10-5-11-19-28)14-15-24(23)27-16-8-4-9-17-27/h14-15,20-21H,2-13,16-19H2,1H3. The highest BCUT2D eigenvalue weighted by molar-refractivity contribution is 7.89. The first kappa shape index (κ1) is 23.6. The average Bonchev–Trinajstić information content (AvgIpc) is 3.13. The maximum absolute atomic E-state index is 13.8. The van der Waals surface area contributed by atoms with Crippen LogP contribution in [0.2, 0.25) is 0 Å². The SMILES string of the molecule is CN(C(=O)c1cc(S(=O)(=O)N2CCCCC2)ccc1N1CCCCC1)C1CCCCCC1. The predicted octanol–water partition coefficient (Wildman–Crippen LogP) is 4.65. The summed E-state index contributed by atoms with van der Waals surface area (Å²) < 4.78 is 28.3. The molecule has 178 valence electrons. The fourth-order valence-electron chi connectivity index (χ4n) is 5.51. The lowest BCUT2D eigenvalue weighted by Crippen LogP contribution is -2.39. The van der Waals surface area contributed by atoms with Gasteiger partial charge in [-0.05, 0) is 63.1 Å². The van der Waals surface area contributed by atoms with Crippen LogP contribution in [0.3, 0.4) is 0 Å². The van der Waals surface area contributed by atoms with Crippen LogP contribution in [0.25, 0.3) is 0 Å². The maximum atomic E-state index is 13.8. The van der Waals surface area contributed by atoms with Gasteiger partial charge in [0.05, 0.1) is 10.5 Å². The van der Waals surface area contributed by atoms with Gasteiger partial charge in [-0.2, -0.15) is 4.31 Å². The third kappa shape index (κ3) is 5.14. The van der Waals surface area contributed by atoms with E-state index in [9.17, 15) is 13.2 Å². The first-order valence-electron chi connectivity index (χ1n) is 12.6. The van der Waals surface area contributed by atoms with Crippen LogP contribution in [0.5, 0.6) is 0 Å². The molecule has 0 bridgehead atoms. The number of sulfonamides is 1. The van der Waals surface area contributed by atoms with E-state index < -0.39 is 10.0 Å². The van der Waals surface area contributed by atoms with E-state index in [0.29, 0.717) is 18.7 Å². The third-order valence-electron chi connectivity index (χ3n) is 7.54. The summed E-state index contributed by atoms with van der Waals surface area (Å²) in [6.45, 7) is 2.99. The first-order valence-corrected chi connectivity index (χ1v) is 14.1. The monoisotopic (exact) mass is 461 g/mol. The molecule has 1 saturated carbocycles. The third-order valence-corrected chi connectivity index (χ3v) is 9.44. The number of rotatable bonds is 5. The Morgan fingerprint density at radius 2 is 1.41 bits per heavy atom. The summed E-state index contributed by atoms with van der Waals surface area (Å²) >= 11 is 0. The highest BCUT2D eigenvalue weighted by Gasteiger charge is 2.30. The molecular formula is C25H39N3O3S. The van der Waals surface area contributed by atoms with Crippen LogP contribution in [0.15, 0.2) is 23.1 Å². The summed E-state index contributed by atoms with van der Waals surface area (Å²) in [7, 11) is -1.67. The number of hydrogen-bond acceptors (Lipinski definition) is 4. The van der Waals surface area contributed by atoms with Gasteiger partial charge in [0, 0.05) is 45.0 Å². The van der Waals surface area contributed by atoms with Crippen molar-refractivity contribution < 1.29 is 13.2 Å². The smallest absolute Gasteiger partial charge is 0.255 e. The highest BCUT2D eigenvalue weighted by Crippen LogP contribution is 2.31. The number of piperidine rings is 2. The molecule has 3 aliphatic rings. The van der Waals surface area contributed by atoms with E-state index in [4.69, 9.17) is 0 Å². The molecule has 2 heterocycles. The Morgan fingerprint density at radius 1 is 0.844 bits per heavy atom. The van der Waals surface area contributed by atoms with Crippen molar-refractivity contribution in [2.24, 2.45) is 0 Å². The zero-order valence-electron chi connectivity index (χ0n) is 19.6. The largest absolute Gasteiger partial charge is 0.371 e. The zero-order valence-corrected chi connectivity index (χ0v) is 20.4. The molecule has 0 radical (unpaired) electrons. The Kier molecular flexibility index (Phi) is 7.77. The molecule has 0 spiro atoms. The molecule has 3 fully saturated rings. The van der Waals surface area contributed by atoms with Gasteiger partial charge >= 0.3 is 0 Å². The highest BCUT2D eigenvalue weighted by atomic mass is 32.2. The molecule has 0 atom stereocenters. The normalized spacial score (nSPS) is 21.8. The van der Waals surface area contributed by atoms with Gasteiger partial charge in [0.25, 0.3) is 5.91 Å². The molecule has 4 rings (SSSR count). The topological polar surface area (TPSA) is 60.9 Å². The Hall–Kier alpha value is -1.60. The van der Waals surface area contributed by atoms with Gasteiger partial charge in [-0.1, -0.05) is 32.1 Å². The minimum atomic E-state index is -3.58. The molecule has 0 N–H and O–H groups in total. The van der Waals surface area contributed by atoms with E-state index in [1.54, 1.807) is 16.4 Å². The molecule has 0 unspecified atom stereocenters. The molecule has 6 nitrogen and oxygen atoms in total. The van der Waals surface area contributed by atoms with Crippen LogP contribution in [-0.4, -0.2) is 62.8 Å². The molecule has 1 aliphatic carbocycles. The van der Waals surface area contributed by atoms with Gasteiger partial charge in [0.15, 0.2) is 0 Å². The fourth-order valence-corrected chi connectivity index (χ4v) is 7.06. The number of benzene rings is 1. The predicted molar refractivity (Wildman–Crippen MR) is 129 cm³/mol. The molecule has 1 aromatic carbocycles. The van der Waals surface area contributed by atoms with Crippen LogP contribution in [0.1, 0.15) is 87.4 Å². The Morgan fingerprint density at radius 3 is 2.03 bits per heavy atom. The van der Waals surface area contributed by atoms with Crippen molar-refractivity contribution in [3.8, 4) is 0 Å². The zero-order chi connectivity index (χ0) is 22.6. The lowest BCUT2D eigenvalue weighted by Gasteiger charge is -2.33. The maximum Gasteiger partial charge on any atom is 0.255 e. The van der Waals surface area contributed by atoms with E-state index in [1.165, 1.54) is 19.3 Å². The summed E-state index contributed by atoms with van der Waals surface area (Å²) in [4.78, 5) is 18.2. The summed E-state index contributed by atoms with van der Waals surface area (Å²) in [6.07, 6.45) is 13.2. The summed E-state index contributed by atoms with van der Waals surface area (Å²) in [5.41, 5.74) is 1.45. The van der Waals surface area contributed by atoms with E-state index in [0.717, 1.165) is 76.6 Å². The minimum absolute atomic E-state index is 0.0341. The van der Waals surface area contributed by atoms with Gasteiger partial charge in [-0.15, -0.1) is 0 Å². The van der Waals surface area contributed by atoms with Crippen LogP contribution in [-0.2, 0) is 10.0 Å². The van der Waals surface area contributed by atoms with Crippen molar-refractivity contribution in [3.63, 3.8) is 0 Å². The molecule has 7 heteroatoms. The van der Waals surface area contributed by atoms with Crippen molar-refractivity contribution >= 4 is 21.6 Å². The molecule has 2 aliphatic heterocycles. The molecular weight excluding hydrogens is 422 g/mol. The Balaban J connectivity index is 1.68. The van der Waals surface area contributed by atoms with Crippen molar-refractivity contribution in [1.29, 1.82) is 0 Å². The average molecular weight is 462 g/mol. The second-order valence-electron chi connectivity index (χ2n) is 9.75. The Bertz CT molecular complexity index is 882. The number of amides is 1. The van der Waals surface area contributed by atoms with Crippen LogP contribution >= 0.6 is 0 Å². The van der Waals surface area contributed by atoms with E-state index in [2.05, 4.69) is 4.90 Å². The number of carbonyl (C=O) groups excluding carboxylic acids is 1. The first-order chi connectivity index (χ1) is 15.5.